The summed E-state index contributed by atoms with van der Waals surface area (Å²) < 4.78 is 5.74. The van der Waals surface area contributed by atoms with Gasteiger partial charge in [0.2, 0.25) is 5.91 Å². The number of pyridine rings is 1. The molecule has 0 spiro atoms. The van der Waals surface area contributed by atoms with E-state index >= 15 is 0 Å². The minimum Gasteiger partial charge on any atom is -0.489 e. The highest BCUT2D eigenvalue weighted by molar-refractivity contribution is 7.14. The first-order valence-corrected chi connectivity index (χ1v) is 12.2. The first-order valence-electron chi connectivity index (χ1n) is 11.3. The number of thiazole rings is 1. The Balaban J connectivity index is 1.28. The Bertz CT molecular complexity index is 1260. The monoisotopic (exact) mass is 486 g/mol. The van der Waals surface area contributed by atoms with Gasteiger partial charge in [0, 0.05) is 47.9 Å². The van der Waals surface area contributed by atoms with Gasteiger partial charge in [-0.25, -0.2) is 4.98 Å². The lowest BCUT2D eigenvalue weighted by molar-refractivity contribution is -0.118. The molecule has 0 aliphatic rings. The topological polar surface area (TPSA) is 93.2 Å². The van der Waals surface area contributed by atoms with Crippen molar-refractivity contribution >= 4 is 28.3 Å². The third-order valence-corrected chi connectivity index (χ3v) is 5.99. The van der Waals surface area contributed by atoms with Crippen LogP contribution in [0.15, 0.2) is 78.4 Å². The van der Waals surface area contributed by atoms with E-state index in [1.807, 2.05) is 29.6 Å². The highest BCUT2D eigenvalue weighted by Crippen LogP contribution is 2.26. The van der Waals surface area contributed by atoms with Crippen LogP contribution in [0.2, 0.25) is 0 Å². The molecular weight excluding hydrogens is 460 g/mol. The van der Waals surface area contributed by atoms with E-state index in [0.717, 1.165) is 29.7 Å². The Labute approximate surface area is 208 Å². The summed E-state index contributed by atoms with van der Waals surface area (Å²) in [5.74, 6) is 0.453. The van der Waals surface area contributed by atoms with Gasteiger partial charge in [0.1, 0.15) is 12.4 Å². The highest BCUT2D eigenvalue weighted by atomic mass is 32.1. The number of nitrogens with zero attached hydrogens (tertiary/aromatic N) is 2. The molecule has 0 bridgehead atoms. The van der Waals surface area contributed by atoms with Crippen LogP contribution >= 0.6 is 11.3 Å². The summed E-state index contributed by atoms with van der Waals surface area (Å²) in [6, 6.07) is 19.0. The SMILES string of the molecule is CC(=O)NCCCc1ccc(-c2csc(NC(=O)c3ccc(OCc4cccnc4)cc3)n2)cc1. The zero-order valence-corrected chi connectivity index (χ0v) is 20.2. The number of hydrogen-bond acceptors (Lipinski definition) is 6. The van der Waals surface area contributed by atoms with Crippen molar-refractivity contribution < 1.29 is 14.3 Å². The van der Waals surface area contributed by atoms with Crippen LogP contribution in [0.4, 0.5) is 5.13 Å². The molecule has 0 aliphatic heterocycles. The van der Waals surface area contributed by atoms with Crippen molar-refractivity contribution in [2.75, 3.05) is 11.9 Å². The molecule has 8 heteroatoms. The molecule has 2 N–H and O–H groups in total. The maximum Gasteiger partial charge on any atom is 0.257 e. The standard InChI is InChI=1S/C27H26N4O3S/c1-19(32)29-15-3-4-20-6-8-22(9-7-20)25-18-35-27(30-25)31-26(33)23-10-12-24(13-11-23)34-17-21-5-2-14-28-16-21/h2,5-14,16,18H,3-4,15,17H2,1H3,(H,29,32)(H,30,31,33). The number of carbonyl (C=O) groups excluding carboxylic acids is 2. The largest absolute Gasteiger partial charge is 0.489 e. The van der Waals surface area contributed by atoms with Crippen LogP contribution in [-0.2, 0) is 17.8 Å². The molecule has 0 fully saturated rings. The quantitative estimate of drug-likeness (QED) is 0.304. The van der Waals surface area contributed by atoms with Crippen LogP contribution in [0.5, 0.6) is 5.75 Å². The molecule has 2 amide bonds. The second-order valence-electron chi connectivity index (χ2n) is 7.95. The van der Waals surface area contributed by atoms with Crippen molar-refractivity contribution in [2.45, 2.75) is 26.4 Å². The van der Waals surface area contributed by atoms with Crippen molar-refractivity contribution in [1.29, 1.82) is 0 Å². The Hall–Kier alpha value is -4.04. The summed E-state index contributed by atoms with van der Waals surface area (Å²) in [6.07, 6.45) is 5.27. The molecule has 2 aromatic heterocycles. The number of rotatable bonds is 10. The zero-order chi connectivity index (χ0) is 24.5. The molecule has 4 aromatic rings. The third kappa shape index (κ3) is 7.22. The fourth-order valence-corrected chi connectivity index (χ4v) is 4.10. The molecule has 35 heavy (non-hydrogen) atoms. The Morgan fingerprint density at radius 1 is 1.00 bits per heavy atom. The van der Waals surface area contributed by atoms with Gasteiger partial charge in [-0.3, -0.25) is 19.9 Å². The summed E-state index contributed by atoms with van der Waals surface area (Å²) in [5.41, 5.74) is 4.51. The van der Waals surface area contributed by atoms with Gasteiger partial charge in [-0.05, 0) is 48.7 Å². The number of hydrogen-bond donors (Lipinski definition) is 2. The van der Waals surface area contributed by atoms with E-state index in [1.54, 1.807) is 36.7 Å². The minimum absolute atomic E-state index is 0.00500. The van der Waals surface area contributed by atoms with Crippen molar-refractivity contribution in [3.63, 3.8) is 0 Å². The Kier molecular flexibility index (Phi) is 8.19. The van der Waals surface area contributed by atoms with Gasteiger partial charge in [-0.15, -0.1) is 11.3 Å². The van der Waals surface area contributed by atoms with Gasteiger partial charge in [0.05, 0.1) is 5.69 Å². The van der Waals surface area contributed by atoms with Gasteiger partial charge in [0.25, 0.3) is 5.91 Å². The maximum atomic E-state index is 12.6. The number of amides is 2. The number of anilines is 1. The molecule has 0 saturated heterocycles. The summed E-state index contributed by atoms with van der Waals surface area (Å²) in [7, 11) is 0. The van der Waals surface area contributed by atoms with Crippen LogP contribution in [-0.4, -0.2) is 28.3 Å². The van der Waals surface area contributed by atoms with Crippen LogP contribution < -0.4 is 15.4 Å². The molecule has 7 nitrogen and oxygen atoms in total. The average molecular weight is 487 g/mol. The molecule has 178 valence electrons. The molecular formula is C27H26N4O3S. The van der Waals surface area contributed by atoms with E-state index in [4.69, 9.17) is 4.74 Å². The van der Waals surface area contributed by atoms with Crippen molar-refractivity contribution in [2.24, 2.45) is 0 Å². The number of benzene rings is 2. The van der Waals surface area contributed by atoms with Gasteiger partial charge < -0.3 is 10.1 Å². The fourth-order valence-electron chi connectivity index (χ4n) is 3.38. The van der Waals surface area contributed by atoms with Gasteiger partial charge in [-0.1, -0.05) is 30.3 Å². The molecule has 0 saturated carbocycles. The number of carbonyl (C=O) groups is 2. The molecule has 4 rings (SSSR count). The van der Waals surface area contributed by atoms with Crippen molar-refractivity contribution in [3.8, 4) is 17.0 Å². The second-order valence-corrected chi connectivity index (χ2v) is 8.81. The van der Waals surface area contributed by atoms with Crippen LogP contribution in [0.1, 0.15) is 34.8 Å². The number of aromatic nitrogens is 2. The van der Waals surface area contributed by atoms with E-state index in [9.17, 15) is 9.59 Å². The summed E-state index contributed by atoms with van der Waals surface area (Å²) >= 11 is 1.39. The van der Waals surface area contributed by atoms with Crippen molar-refractivity contribution in [3.05, 3.63) is 95.1 Å². The molecule has 2 heterocycles. The van der Waals surface area contributed by atoms with Crippen LogP contribution in [0, 0.1) is 0 Å². The smallest absolute Gasteiger partial charge is 0.257 e. The van der Waals surface area contributed by atoms with Gasteiger partial charge >= 0.3 is 0 Å². The predicted octanol–water partition coefficient (Wildman–Crippen LogP) is 5.11. The lowest BCUT2D eigenvalue weighted by Crippen LogP contribution is -2.21. The van der Waals surface area contributed by atoms with Crippen LogP contribution in [0.3, 0.4) is 0 Å². The first-order chi connectivity index (χ1) is 17.1. The van der Waals surface area contributed by atoms with E-state index in [0.29, 0.717) is 29.6 Å². The summed E-state index contributed by atoms with van der Waals surface area (Å²) in [4.78, 5) is 32.2. The van der Waals surface area contributed by atoms with Gasteiger partial charge in [0.15, 0.2) is 5.13 Å². The van der Waals surface area contributed by atoms with Crippen molar-refractivity contribution in [1.82, 2.24) is 15.3 Å². The Morgan fingerprint density at radius 2 is 1.80 bits per heavy atom. The van der Waals surface area contributed by atoms with E-state index in [-0.39, 0.29) is 11.8 Å². The minimum atomic E-state index is -0.223. The second kappa shape index (κ2) is 11.9. The summed E-state index contributed by atoms with van der Waals surface area (Å²) in [6.45, 7) is 2.61. The predicted molar refractivity (Wildman–Crippen MR) is 138 cm³/mol. The lowest BCUT2D eigenvalue weighted by atomic mass is 10.1. The lowest BCUT2D eigenvalue weighted by Gasteiger charge is -2.07. The molecule has 2 aromatic carbocycles. The normalized spacial score (nSPS) is 10.5. The summed E-state index contributed by atoms with van der Waals surface area (Å²) in [5, 5.41) is 8.14. The molecule has 0 atom stereocenters. The fraction of sp³-hybridized carbons (Fsp3) is 0.185. The first kappa shape index (κ1) is 24.1. The van der Waals surface area contributed by atoms with Crippen LogP contribution in [0.25, 0.3) is 11.3 Å². The van der Waals surface area contributed by atoms with E-state index < -0.39 is 0 Å². The number of aryl methyl sites for hydroxylation is 1. The molecule has 0 radical (unpaired) electrons. The molecule has 0 unspecified atom stereocenters. The van der Waals surface area contributed by atoms with E-state index in [2.05, 4.69) is 32.7 Å². The zero-order valence-electron chi connectivity index (χ0n) is 19.4. The van der Waals surface area contributed by atoms with Gasteiger partial charge in [-0.2, -0.15) is 0 Å². The number of ether oxygens (including phenoxy) is 1. The third-order valence-electron chi connectivity index (χ3n) is 5.24. The Morgan fingerprint density at radius 3 is 2.51 bits per heavy atom. The highest BCUT2D eigenvalue weighted by Gasteiger charge is 2.11. The maximum absolute atomic E-state index is 12.6. The van der Waals surface area contributed by atoms with E-state index in [1.165, 1.54) is 23.8 Å². The average Bonchev–Trinajstić information content (AvgIpc) is 3.35. The number of nitrogens with one attached hydrogen (secondary N) is 2. The molecule has 0 aliphatic carbocycles.